The highest BCUT2D eigenvalue weighted by Crippen LogP contribution is 2.05. The van der Waals surface area contributed by atoms with Gasteiger partial charge in [0.05, 0.1) is 6.61 Å². The smallest absolute Gasteiger partial charge is 0.355 e. The molecule has 0 saturated carbocycles. The minimum Gasteiger partial charge on any atom is -0.463 e. The van der Waals surface area contributed by atoms with Crippen LogP contribution < -0.4 is 0 Å². The van der Waals surface area contributed by atoms with Crippen LogP contribution in [0.4, 0.5) is 0 Å². The van der Waals surface area contributed by atoms with Gasteiger partial charge >= 0.3 is 11.9 Å². The van der Waals surface area contributed by atoms with Crippen LogP contribution in [0.3, 0.4) is 0 Å². The number of esters is 2. The predicted octanol–water partition coefficient (Wildman–Crippen LogP) is 1.24. The molecule has 1 atom stereocenters. The normalized spacial score (nSPS) is 11.7. The van der Waals surface area contributed by atoms with Crippen molar-refractivity contribution in [1.29, 1.82) is 0 Å². The third kappa shape index (κ3) is 5.48. The Bertz CT molecular complexity index is 259. The third-order valence-corrected chi connectivity index (χ3v) is 1.85. The van der Waals surface area contributed by atoms with Gasteiger partial charge in [-0.2, -0.15) is 0 Å². The summed E-state index contributed by atoms with van der Waals surface area (Å²) in [5.41, 5.74) is 0. The SMILES string of the molecule is CCCCC(=O)C(OC(C)=O)C(=O)OCC. The third-order valence-electron chi connectivity index (χ3n) is 1.85. The minimum absolute atomic E-state index is 0.150. The highest BCUT2D eigenvalue weighted by atomic mass is 16.6. The highest BCUT2D eigenvalue weighted by molar-refractivity contribution is 6.03. The van der Waals surface area contributed by atoms with Crippen LogP contribution in [0.25, 0.3) is 0 Å². The molecule has 0 heterocycles. The molecule has 0 aliphatic heterocycles. The van der Waals surface area contributed by atoms with Gasteiger partial charge in [-0.05, 0) is 13.3 Å². The molecule has 5 nitrogen and oxygen atoms in total. The van der Waals surface area contributed by atoms with Crippen molar-refractivity contribution >= 4 is 17.7 Å². The van der Waals surface area contributed by atoms with Gasteiger partial charge in [-0.1, -0.05) is 13.3 Å². The number of ether oxygens (including phenoxy) is 2. The van der Waals surface area contributed by atoms with Gasteiger partial charge in [0, 0.05) is 13.3 Å². The van der Waals surface area contributed by atoms with Gasteiger partial charge in [-0.15, -0.1) is 0 Å². The number of hydrogen-bond donors (Lipinski definition) is 0. The largest absolute Gasteiger partial charge is 0.463 e. The van der Waals surface area contributed by atoms with Gasteiger partial charge in [-0.3, -0.25) is 9.59 Å². The van der Waals surface area contributed by atoms with Crippen LogP contribution in [-0.4, -0.2) is 30.4 Å². The van der Waals surface area contributed by atoms with Crippen LogP contribution in [0.2, 0.25) is 0 Å². The summed E-state index contributed by atoms with van der Waals surface area (Å²) in [4.78, 5) is 33.7. The molecule has 16 heavy (non-hydrogen) atoms. The lowest BCUT2D eigenvalue weighted by Crippen LogP contribution is -2.36. The molecule has 92 valence electrons. The Balaban J connectivity index is 4.46. The number of ketones is 1. The number of rotatable bonds is 7. The zero-order chi connectivity index (χ0) is 12.6. The first-order chi connectivity index (χ1) is 7.52. The van der Waals surface area contributed by atoms with E-state index in [-0.39, 0.29) is 13.0 Å². The summed E-state index contributed by atoms with van der Waals surface area (Å²) in [5, 5.41) is 0. The Morgan fingerprint density at radius 3 is 2.25 bits per heavy atom. The molecule has 5 heteroatoms. The second kappa shape index (κ2) is 7.84. The lowest BCUT2D eigenvalue weighted by atomic mass is 10.1. The summed E-state index contributed by atoms with van der Waals surface area (Å²) in [6.07, 6.45) is 0.314. The van der Waals surface area contributed by atoms with Gasteiger partial charge in [0.15, 0.2) is 5.78 Å². The van der Waals surface area contributed by atoms with E-state index in [9.17, 15) is 14.4 Å². The molecule has 0 fully saturated rings. The lowest BCUT2D eigenvalue weighted by Gasteiger charge is -2.13. The molecular formula is C11H18O5. The van der Waals surface area contributed by atoms with Gasteiger partial charge in [0.25, 0.3) is 6.10 Å². The highest BCUT2D eigenvalue weighted by Gasteiger charge is 2.30. The zero-order valence-electron chi connectivity index (χ0n) is 9.95. The van der Waals surface area contributed by atoms with E-state index < -0.39 is 23.8 Å². The fourth-order valence-corrected chi connectivity index (χ4v) is 1.11. The van der Waals surface area contributed by atoms with E-state index in [0.29, 0.717) is 6.42 Å². The van der Waals surface area contributed by atoms with E-state index in [1.165, 1.54) is 0 Å². The maximum atomic E-state index is 11.6. The molecule has 0 amide bonds. The van der Waals surface area contributed by atoms with Crippen LogP contribution in [0.15, 0.2) is 0 Å². The molecule has 0 N–H and O–H groups in total. The standard InChI is InChI=1S/C11H18O5/c1-4-6-7-9(13)10(16-8(3)12)11(14)15-5-2/h10H,4-7H2,1-3H3. The van der Waals surface area contributed by atoms with Crippen LogP contribution in [0.1, 0.15) is 40.0 Å². The van der Waals surface area contributed by atoms with E-state index in [1.54, 1.807) is 6.92 Å². The van der Waals surface area contributed by atoms with Gasteiger partial charge in [-0.25, -0.2) is 4.79 Å². The van der Waals surface area contributed by atoms with Crippen molar-refractivity contribution in [3.8, 4) is 0 Å². The maximum Gasteiger partial charge on any atom is 0.355 e. The van der Waals surface area contributed by atoms with E-state index in [2.05, 4.69) is 9.47 Å². The molecule has 0 rings (SSSR count). The lowest BCUT2D eigenvalue weighted by molar-refractivity contribution is -0.170. The second-order valence-corrected chi connectivity index (χ2v) is 3.31. The number of carbonyl (C=O) groups excluding carboxylic acids is 3. The summed E-state index contributed by atoms with van der Waals surface area (Å²) in [6.45, 7) is 4.86. The van der Waals surface area contributed by atoms with Crippen LogP contribution in [0, 0.1) is 0 Å². The number of unbranched alkanes of at least 4 members (excludes halogenated alkanes) is 1. The summed E-state index contributed by atoms with van der Waals surface area (Å²) < 4.78 is 9.33. The van der Waals surface area contributed by atoms with Crippen molar-refractivity contribution < 1.29 is 23.9 Å². The molecule has 0 aliphatic carbocycles. The van der Waals surface area contributed by atoms with Crippen LogP contribution in [0.5, 0.6) is 0 Å². The molecular weight excluding hydrogens is 212 g/mol. The fourth-order valence-electron chi connectivity index (χ4n) is 1.11. The maximum absolute atomic E-state index is 11.6. The van der Waals surface area contributed by atoms with Crippen molar-refractivity contribution in [1.82, 2.24) is 0 Å². The molecule has 0 saturated heterocycles. The van der Waals surface area contributed by atoms with Crippen LogP contribution in [-0.2, 0) is 23.9 Å². The first kappa shape index (κ1) is 14.6. The predicted molar refractivity (Wildman–Crippen MR) is 56.7 cm³/mol. The molecule has 0 aromatic rings. The van der Waals surface area contributed by atoms with Crippen molar-refractivity contribution in [2.24, 2.45) is 0 Å². The van der Waals surface area contributed by atoms with Crippen molar-refractivity contribution in [2.45, 2.75) is 46.1 Å². The molecule has 0 spiro atoms. The van der Waals surface area contributed by atoms with Crippen LogP contribution >= 0.6 is 0 Å². The Morgan fingerprint density at radius 1 is 1.19 bits per heavy atom. The molecule has 0 aromatic carbocycles. The van der Waals surface area contributed by atoms with E-state index in [0.717, 1.165) is 13.3 Å². The zero-order valence-corrected chi connectivity index (χ0v) is 9.95. The van der Waals surface area contributed by atoms with Gasteiger partial charge in [0.1, 0.15) is 0 Å². The first-order valence-electron chi connectivity index (χ1n) is 5.39. The minimum atomic E-state index is -1.40. The molecule has 0 aromatic heterocycles. The Hall–Kier alpha value is -1.39. The fraction of sp³-hybridized carbons (Fsp3) is 0.727. The number of Topliss-reactive ketones (excluding diaryl/α,β-unsaturated/α-hetero) is 1. The summed E-state index contributed by atoms with van der Waals surface area (Å²) in [5.74, 6) is -1.86. The molecule has 0 bridgehead atoms. The summed E-state index contributed by atoms with van der Waals surface area (Å²) in [7, 11) is 0. The molecule has 1 unspecified atom stereocenters. The Morgan fingerprint density at radius 2 is 1.81 bits per heavy atom. The van der Waals surface area contributed by atoms with Crippen molar-refractivity contribution in [3.63, 3.8) is 0 Å². The Kier molecular flexibility index (Phi) is 7.16. The van der Waals surface area contributed by atoms with E-state index in [4.69, 9.17) is 0 Å². The Labute approximate surface area is 95.1 Å². The molecule has 0 aliphatic rings. The topological polar surface area (TPSA) is 69.7 Å². The van der Waals surface area contributed by atoms with Crippen molar-refractivity contribution in [3.05, 3.63) is 0 Å². The van der Waals surface area contributed by atoms with Gasteiger partial charge in [0.2, 0.25) is 0 Å². The average Bonchev–Trinajstić information content (AvgIpc) is 2.22. The number of carbonyl (C=O) groups is 3. The summed E-state index contributed by atoms with van der Waals surface area (Å²) in [6, 6.07) is 0. The van der Waals surface area contributed by atoms with Gasteiger partial charge < -0.3 is 9.47 Å². The summed E-state index contributed by atoms with van der Waals surface area (Å²) >= 11 is 0. The molecule has 0 radical (unpaired) electrons. The average molecular weight is 230 g/mol. The first-order valence-corrected chi connectivity index (χ1v) is 5.39. The quantitative estimate of drug-likeness (QED) is 0.486. The van der Waals surface area contributed by atoms with E-state index >= 15 is 0 Å². The monoisotopic (exact) mass is 230 g/mol. The second-order valence-electron chi connectivity index (χ2n) is 3.31. The van der Waals surface area contributed by atoms with E-state index in [1.807, 2.05) is 6.92 Å². The number of hydrogen-bond acceptors (Lipinski definition) is 5. The van der Waals surface area contributed by atoms with Crippen molar-refractivity contribution in [2.75, 3.05) is 6.61 Å².